The number of carbonyl (C=O) groups excluding carboxylic acids is 4. The first-order valence-electron chi connectivity index (χ1n) is 9.33. The number of esters is 1. The van der Waals surface area contributed by atoms with Gasteiger partial charge in [-0.25, -0.2) is 4.79 Å². The Balaban J connectivity index is 1.53. The number of nitrogens with zero attached hydrogens (tertiary/aromatic N) is 1. The first kappa shape index (κ1) is 21.6. The Bertz CT molecular complexity index is 863. The summed E-state index contributed by atoms with van der Waals surface area (Å²) >= 11 is 0. The molecule has 1 unspecified atom stereocenters. The molecule has 2 N–H and O–H groups in total. The van der Waals surface area contributed by atoms with E-state index in [1.807, 2.05) is 0 Å². The monoisotopic (exact) mass is 427 g/mol. The van der Waals surface area contributed by atoms with E-state index in [1.165, 1.54) is 6.92 Å². The summed E-state index contributed by atoms with van der Waals surface area (Å²) in [6, 6.07) is 3.08. The Morgan fingerprint density at radius 1 is 1.20 bits per heavy atom. The Morgan fingerprint density at radius 2 is 1.80 bits per heavy atom. The van der Waals surface area contributed by atoms with Crippen LogP contribution in [-0.4, -0.2) is 46.9 Å². The molecule has 1 aliphatic carbocycles. The molecule has 1 atom stereocenters. The van der Waals surface area contributed by atoms with Gasteiger partial charge < -0.3 is 15.4 Å². The van der Waals surface area contributed by atoms with Crippen LogP contribution in [0.25, 0.3) is 0 Å². The Labute approximate surface area is 169 Å². The van der Waals surface area contributed by atoms with Crippen LogP contribution in [0.15, 0.2) is 24.3 Å². The van der Waals surface area contributed by atoms with Crippen molar-refractivity contribution in [2.75, 3.05) is 11.9 Å². The number of hydrogen-bond acceptors (Lipinski definition) is 5. The molecule has 1 aromatic carbocycles. The highest BCUT2D eigenvalue weighted by atomic mass is 19.4. The Morgan fingerprint density at radius 3 is 2.37 bits per heavy atom. The molecule has 2 fully saturated rings. The van der Waals surface area contributed by atoms with Crippen molar-refractivity contribution in [2.45, 2.75) is 50.4 Å². The fraction of sp³-hybridized carbons (Fsp3) is 0.474. The van der Waals surface area contributed by atoms with Crippen molar-refractivity contribution < 1.29 is 37.1 Å². The van der Waals surface area contributed by atoms with Gasteiger partial charge in [-0.3, -0.25) is 19.3 Å². The van der Waals surface area contributed by atoms with Crippen LogP contribution in [0.1, 0.15) is 38.2 Å². The molecule has 1 spiro atoms. The second-order valence-electron chi connectivity index (χ2n) is 7.31. The second-order valence-corrected chi connectivity index (χ2v) is 7.31. The average molecular weight is 427 g/mol. The van der Waals surface area contributed by atoms with E-state index >= 15 is 0 Å². The summed E-state index contributed by atoms with van der Waals surface area (Å²) in [4.78, 5) is 49.6. The second kappa shape index (κ2) is 7.96. The lowest BCUT2D eigenvalue weighted by atomic mass is 9.98. The lowest BCUT2D eigenvalue weighted by Crippen LogP contribution is -2.44. The van der Waals surface area contributed by atoms with Crippen LogP contribution in [0.5, 0.6) is 0 Å². The molecule has 162 valence electrons. The van der Waals surface area contributed by atoms with Crippen LogP contribution in [0.3, 0.4) is 0 Å². The predicted octanol–water partition coefficient (Wildman–Crippen LogP) is 2.44. The van der Waals surface area contributed by atoms with Gasteiger partial charge in [0.1, 0.15) is 12.1 Å². The first-order valence-corrected chi connectivity index (χ1v) is 9.33. The van der Waals surface area contributed by atoms with Gasteiger partial charge in [-0.15, -0.1) is 0 Å². The van der Waals surface area contributed by atoms with Crippen LogP contribution in [0, 0.1) is 0 Å². The number of rotatable bonds is 5. The number of hydrogen-bond donors (Lipinski definition) is 2. The van der Waals surface area contributed by atoms with E-state index in [4.69, 9.17) is 4.74 Å². The number of anilines is 1. The van der Waals surface area contributed by atoms with Crippen LogP contribution < -0.4 is 10.6 Å². The van der Waals surface area contributed by atoms with Crippen molar-refractivity contribution >= 4 is 29.5 Å². The van der Waals surface area contributed by atoms with E-state index < -0.39 is 53.7 Å². The zero-order valence-electron chi connectivity index (χ0n) is 16.0. The van der Waals surface area contributed by atoms with Crippen LogP contribution in [-0.2, 0) is 25.3 Å². The third kappa shape index (κ3) is 4.39. The number of urea groups is 1. The maximum absolute atomic E-state index is 12.6. The minimum atomic E-state index is -4.50. The third-order valence-corrected chi connectivity index (χ3v) is 5.15. The van der Waals surface area contributed by atoms with Crippen molar-refractivity contribution in [3.63, 3.8) is 0 Å². The standard InChI is InChI=1S/C19H20F3N3O5/c1-11(15(27)23-13-6-4-12(5-7-13)19(20,21)22)30-14(26)10-25-16(28)18(24-17(25)29)8-2-3-9-18/h4-7,11H,2-3,8-10H2,1H3,(H,23,27)(H,24,29). The summed E-state index contributed by atoms with van der Waals surface area (Å²) in [6.07, 6.45) is -3.18. The number of amides is 4. The van der Waals surface area contributed by atoms with Crippen molar-refractivity contribution in [1.29, 1.82) is 0 Å². The normalized spacial score (nSPS) is 19.0. The molecule has 4 amide bonds. The largest absolute Gasteiger partial charge is 0.451 e. The van der Waals surface area contributed by atoms with Crippen molar-refractivity contribution in [2.24, 2.45) is 0 Å². The maximum Gasteiger partial charge on any atom is 0.416 e. The summed E-state index contributed by atoms with van der Waals surface area (Å²) in [6.45, 7) is 0.631. The molecule has 0 radical (unpaired) electrons. The SMILES string of the molecule is CC(OC(=O)CN1C(=O)NC2(CCCC2)C1=O)C(=O)Nc1ccc(C(F)(F)F)cc1. The number of imide groups is 1. The predicted molar refractivity (Wildman–Crippen MR) is 97.1 cm³/mol. The summed E-state index contributed by atoms with van der Waals surface area (Å²) < 4.78 is 42.7. The molecule has 1 saturated heterocycles. The van der Waals surface area contributed by atoms with Crippen LogP contribution >= 0.6 is 0 Å². The van der Waals surface area contributed by atoms with Gasteiger partial charge in [-0.2, -0.15) is 13.2 Å². The third-order valence-electron chi connectivity index (χ3n) is 5.15. The number of nitrogens with one attached hydrogen (secondary N) is 2. The van der Waals surface area contributed by atoms with E-state index in [-0.39, 0.29) is 5.69 Å². The molecule has 1 saturated carbocycles. The number of carbonyl (C=O) groups is 4. The quantitative estimate of drug-likeness (QED) is 0.555. The van der Waals surface area contributed by atoms with Gasteiger partial charge in [-0.1, -0.05) is 12.8 Å². The van der Waals surface area contributed by atoms with Gasteiger partial charge in [0.05, 0.1) is 5.56 Å². The Hall–Kier alpha value is -3.11. The molecule has 1 aliphatic heterocycles. The molecule has 3 rings (SSSR count). The molecule has 30 heavy (non-hydrogen) atoms. The average Bonchev–Trinajstić information content (AvgIpc) is 3.22. The molecule has 11 heteroatoms. The fourth-order valence-electron chi connectivity index (χ4n) is 3.54. The molecular weight excluding hydrogens is 407 g/mol. The van der Waals surface area contributed by atoms with Gasteiger partial charge in [0, 0.05) is 5.69 Å². The van der Waals surface area contributed by atoms with E-state index in [2.05, 4.69) is 10.6 Å². The zero-order chi connectivity index (χ0) is 22.1. The van der Waals surface area contributed by atoms with Crippen LogP contribution in [0.2, 0.25) is 0 Å². The van der Waals surface area contributed by atoms with Gasteiger partial charge >= 0.3 is 18.2 Å². The van der Waals surface area contributed by atoms with E-state index in [1.54, 1.807) is 0 Å². The molecule has 1 heterocycles. The summed E-state index contributed by atoms with van der Waals surface area (Å²) in [5.41, 5.74) is -1.73. The minimum absolute atomic E-state index is 0.0909. The highest BCUT2D eigenvalue weighted by Crippen LogP contribution is 2.35. The number of alkyl halides is 3. The van der Waals surface area contributed by atoms with Gasteiger partial charge in [0.2, 0.25) is 0 Å². The van der Waals surface area contributed by atoms with Crippen molar-refractivity contribution in [3.05, 3.63) is 29.8 Å². The van der Waals surface area contributed by atoms with Gasteiger partial charge in [-0.05, 0) is 44.0 Å². The summed E-state index contributed by atoms with van der Waals surface area (Å²) in [5.74, 6) is -2.21. The smallest absolute Gasteiger partial charge is 0.416 e. The Kier molecular flexibility index (Phi) is 5.73. The van der Waals surface area contributed by atoms with E-state index in [0.717, 1.165) is 42.0 Å². The molecule has 2 aliphatic rings. The van der Waals surface area contributed by atoms with Gasteiger partial charge in [0.15, 0.2) is 6.10 Å². The number of ether oxygens (including phenoxy) is 1. The van der Waals surface area contributed by atoms with Gasteiger partial charge in [0.25, 0.3) is 11.8 Å². The lowest BCUT2D eigenvalue weighted by Gasteiger charge is -2.20. The number of halogens is 3. The number of benzene rings is 1. The maximum atomic E-state index is 12.6. The van der Waals surface area contributed by atoms with E-state index in [0.29, 0.717) is 12.8 Å². The molecular formula is C19H20F3N3O5. The molecule has 8 nitrogen and oxygen atoms in total. The first-order chi connectivity index (χ1) is 14.0. The van der Waals surface area contributed by atoms with Crippen LogP contribution in [0.4, 0.5) is 23.7 Å². The summed E-state index contributed by atoms with van der Waals surface area (Å²) in [5, 5.41) is 4.96. The molecule has 0 aromatic heterocycles. The molecule has 1 aromatic rings. The minimum Gasteiger partial charge on any atom is -0.451 e. The zero-order valence-corrected chi connectivity index (χ0v) is 16.0. The lowest BCUT2D eigenvalue weighted by molar-refractivity contribution is -0.155. The topological polar surface area (TPSA) is 105 Å². The van der Waals surface area contributed by atoms with E-state index in [9.17, 15) is 32.3 Å². The highest BCUT2D eigenvalue weighted by molar-refractivity contribution is 6.09. The molecule has 0 bridgehead atoms. The summed E-state index contributed by atoms with van der Waals surface area (Å²) in [7, 11) is 0. The van der Waals surface area contributed by atoms with Crippen molar-refractivity contribution in [1.82, 2.24) is 10.2 Å². The highest BCUT2D eigenvalue weighted by Gasteiger charge is 2.52. The van der Waals surface area contributed by atoms with Crippen molar-refractivity contribution in [3.8, 4) is 0 Å². The fourth-order valence-corrected chi connectivity index (χ4v) is 3.54.